The van der Waals surface area contributed by atoms with Crippen molar-refractivity contribution in [2.45, 2.75) is 25.3 Å². The Balaban J connectivity index is 1.54. The van der Waals surface area contributed by atoms with Gasteiger partial charge in [-0.25, -0.2) is 0 Å². The van der Waals surface area contributed by atoms with E-state index in [0.29, 0.717) is 6.04 Å². The van der Waals surface area contributed by atoms with E-state index in [0.717, 1.165) is 13.0 Å². The van der Waals surface area contributed by atoms with Gasteiger partial charge in [0.15, 0.2) is 0 Å². The molecule has 2 aromatic carbocycles. The molecule has 0 radical (unpaired) electrons. The van der Waals surface area contributed by atoms with E-state index in [-0.39, 0.29) is 0 Å². The Labute approximate surface area is 121 Å². The molecule has 2 nitrogen and oxygen atoms in total. The van der Waals surface area contributed by atoms with E-state index in [4.69, 9.17) is 0 Å². The highest BCUT2D eigenvalue weighted by Gasteiger charge is 2.12. The first-order valence-electron chi connectivity index (χ1n) is 7.50. The second kappa shape index (κ2) is 6.58. The molecule has 0 spiro atoms. The lowest BCUT2D eigenvalue weighted by molar-refractivity contribution is 0.633. The maximum Gasteiger partial charge on any atom is 0.0340 e. The van der Waals surface area contributed by atoms with Crippen LogP contribution in [0.5, 0.6) is 0 Å². The summed E-state index contributed by atoms with van der Waals surface area (Å²) in [6, 6.07) is 20.1. The molecule has 1 unspecified atom stereocenters. The minimum absolute atomic E-state index is 0.638. The third kappa shape index (κ3) is 3.61. The molecule has 2 N–H and O–H groups in total. The van der Waals surface area contributed by atoms with Crippen molar-refractivity contribution in [2.24, 2.45) is 0 Å². The van der Waals surface area contributed by atoms with Crippen LogP contribution in [0.3, 0.4) is 0 Å². The Kier molecular flexibility index (Phi) is 4.34. The van der Waals surface area contributed by atoms with Crippen molar-refractivity contribution in [2.75, 3.05) is 18.4 Å². The number of hydrogen-bond donors (Lipinski definition) is 2. The molecule has 0 saturated carbocycles. The molecule has 104 valence electrons. The van der Waals surface area contributed by atoms with Crippen molar-refractivity contribution in [1.29, 1.82) is 0 Å². The average molecular weight is 266 g/mol. The smallest absolute Gasteiger partial charge is 0.0340 e. The monoisotopic (exact) mass is 266 g/mol. The van der Waals surface area contributed by atoms with Gasteiger partial charge in [-0.1, -0.05) is 42.5 Å². The molecule has 20 heavy (non-hydrogen) atoms. The zero-order chi connectivity index (χ0) is 13.6. The topological polar surface area (TPSA) is 24.1 Å². The molecule has 1 saturated heterocycles. The largest absolute Gasteiger partial charge is 0.383 e. The van der Waals surface area contributed by atoms with Crippen LogP contribution in [0.1, 0.15) is 24.0 Å². The highest BCUT2D eigenvalue weighted by atomic mass is 15.0. The number of anilines is 1. The average Bonchev–Trinajstić information content (AvgIpc) is 3.01. The normalized spacial score (nSPS) is 18.1. The maximum atomic E-state index is 3.52. The van der Waals surface area contributed by atoms with Crippen LogP contribution in [0.25, 0.3) is 0 Å². The first kappa shape index (κ1) is 13.2. The van der Waals surface area contributed by atoms with Crippen LogP contribution in [0.15, 0.2) is 54.6 Å². The number of benzene rings is 2. The second-order valence-electron chi connectivity index (χ2n) is 5.53. The highest BCUT2D eigenvalue weighted by Crippen LogP contribution is 2.14. The van der Waals surface area contributed by atoms with E-state index in [1.54, 1.807) is 0 Å². The summed E-state index contributed by atoms with van der Waals surface area (Å²) in [4.78, 5) is 0. The summed E-state index contributed by atoms with van der Waals surface area (Å²) in [6.45, 7) is 2.19. The summed E-state index contributed by atoms with van der Waals surface area (Å²) >= 11 is 0. The van der Waals surface area contributed by atoms with Crippen molar-refractivity contribution >= 4 is 5.69 Å². The van der Waals surface area contributed by atoms with Crippen molar-refractivity contribution in [1.82, 2.24) is 5.32 Å². The lowest BCUT2D eigenvalue weighted by Gasteiger charge is -2.13. The van der Waals surface area contributed by atoms with Gasteiger partial charge in [-0.15, -0.1) is 0 Å². The third-order valence-corrected chi connectivity index (χ3v) is 3.92. The van der Waals surface area contributed by atoms with Crippen molar-refractivity contribution in [3.8, 4) is 0 Å². The zero-order valence-corrected chi connectivity index (χ0v) is 11.8. The van der Waals surface area contributed by atoms with E-state index in [2.05, 4.69) is 65.2 Å². The van der Waals surface area contributed by atoms with E-state index in [1.807, 2.05) is 0 Å². The molecule has 1 heterocycles. The van der Waals surface area contributed by atoms with Crippen LogP contribution in [0, 0.1) is 0 Å². The van der Waals surface area contributed by atoms with Gasteiger partial charge in [-0.3, -0.25) is 0 Å². The van der Waals surface area contributed by atoms with Gasteiger partial charge in [-0.05, 0) is 49.1 Å². The Morgan fingerprint density at radius 3 is 2.40 bits per heavy atom. The number of rotatable bonds is 5. The SMILES string of the molecule is c1ccc(Cc2ccc(NCC3CCCN3)cc2)cc1. The number of hydrogen-bond acceptors (Lipinski definition) is 2. The van der Waals surface area contributed by atoms with Gasteiger partial charge in [0, 0.05) is 18.3 Å². The zero-order valence-electron chi connectivity index (χ0n) is 11.8. The molecule has 1 fully saturated rings. The highest BCUT2D eigenvalue weighted by molar-refractivity contribution is 5.45. The molecule has 0 amide bonds. The molecule has 0 aromatic heterocycles. The molecule has 2 heteroatoms. The predicted octanol–water partition coefficient (Wildman–Crippen LogP) is 3.44. The Morgan fingerprint density at radius 2 is 1.70 bits per heavy atom. The summed E-state index contributed by atoms with van der Waals surface area (Å²) < 4.78 is 0. The van der Waals surface area contributed by atoms with Gasteiger partial charge in [0.25, 0.3) is 0 Å². The Bertz CT molecular complexity index is 513. The lowest BCUT2D eigenvalue weighted by Crippen LogP contribution is -2.29. The van der Waals surface area contributed by atoms with Crippen LogP contribution in [0.2, 0.25) is 0 Å². The van der Waals surface area contributed by atoms with Crippen molar-refractivity contribution in [3.05, 3.63) is 65.7 Å². The Morgan fingerprint density at radius 1 is 0.950 bits per heavy atom. The van der Waals surface area contributed by atoms with Gasteiger partial charge in [0.05, 0.1) is 0 Å². The van der Waals surface area contributed by atoms with E-state index in [9.17, 15) is 0 Å². The molecular weight excluding hydrogens is 244 g/mol. The molecule has 1 aliphatic rings. The van der Waals surface area contributed by atoms with Crippen LogP contribution >= 0.6 is 0 Å². The fourth-order valence-corrected chi connectivity index (χ4v) is 2.74. The van der Waals surface area contributed by atoms with Gasteiger partial charge in [0.1, 0.15) is 0 Å². The summed E-state index contributed by atoms with van der Waals surface area (Å²) in [5.74, 6) is 0. The quantitative estimate of drug-likeness (QED) is 0.866. The van der Waals surface area contributed by atoms with E-state index >= 15 is 0 Å². The Hall–Kier alpha value is -1.80. The molecule has 0 bridgehead atoms. The fourth-order valence-electron chi connectivity index (χ4n) is 2.74. The summed E-state index contributed by atoms with van der Waals surface area (Å²) in [5.41, 5.74) is 3.94. The number of nitrogens with one attached hydrogen (secondary N) is 2. The molecule has 1 atom stereocenters. The van der Waals surface area contributed by atoms with Crippen molar-refractivity contribution in [3.63, 3.8) is 0 Å². The predicted molar refractivity (Wildman–Crippen MR) is 85.2 cm³/mol. The van der Waals surface area contributed by atoms with E-state index < -0.39 is 0 Å². The standard InChI is InChI=1S/C18H22N2/c1-2-5-15(6-3-1)13-16-8-10-17(11-9-16)20-14-18-7-4-12-19-18/h1-3,5-6,8-11,18-20H,4,7,12-14H2. The van der Waals surface area contributed by atoms with Gasteiger partial charge in [0.2, 0.25) is 0 Å². The third-order valence-electron chi connectivity index (χ3n) is 3.92. The molecule has 1 aliphatic heterocycles. The van der Waals surface area contributed by atoms with E-state index in [1.165, 1.54) is 36.2 Å². The van der Waals surface area contributed by atoms with Crippen molar-refractivity contribution < 1.29 is 0 Å². The van der Waals surface area contributed by atoms with Crippen LogP contribution in [-0.2, 0) is 6.42 Å². The molecule has 0 aliphatic carbocycles. The minimum atomic E-state index is 0.638. The lowest BCUT2D eigenvalue weighted by atomic mass is 10.0. The molecular formula is C18H22N2. The first-order valence-corrected chi connectivity index (χ1v) is 7.50. The van der Waals surface area contributed by atoms with Gasteiger partial charge < -0.3 is 10.6 Å². The second-order valence-corrected chi connectivity index (χ2v) is 5.53. The van der Waals surface area contributed by atoms with Crippen LogP contribution < -0.4 is 10.6 Å². The maximum absolute atomic E-state index is 3.52. The molecule has 3 rings (SSSR count). The van der Waals surface area contributed by atoms with Gasteiger partial charge in [-0.2, -0.15) is 0 Å². The first-order chi connectivity index (χ1) is 9.90. The molecule has 2 aromatic rings. The van der Waals surface area contributed by atoms with Crippen LogP contribution in [0.4, 0.5) is 5.69 Å². The summed E-state index contributed by atoms with van der Waals surface area (Å²) in [7, 11) is 0. The van der Waals surface area contributed by atoms with Crippen LogP contribution in [-0.4, -0.2) is 19.1 Å². The fraction of sp³-hybridized carbons (Fsp3) is 0.333. The minimum Gasteiger partial charge on any atom is -0.383 e. The summed E-state index contributed by atoms with van der Waals surface area (Å²) in [5, 5.41) is 7.02. The van der Waals surface area contributed by atoms with Gasteiger partial charge >= 0.3 is 0 Å². The summed E-state index contributed by atoms with van der Waals surface area (Å²) in [6.07, 6.45) is 3.60.